The summed E-state index contributed by atoms with van der Waals surface area (Å²) in [6.07, 6.45) is 0.492. The maximum absolute atomic E-state index is 11.9. The lowest BCUT2D eigenvalue weighted by molar-refractivity contribution is -0.137. The van der Waals surface area contributed by atoms with Crippen molar-refractivity contribution in [2.75, 3.05) is 13.6 Å². The van der Waals surface area contributed by atoms with Gasteiger partial charge < -0.3 is 15.3 Å². The average Bonchev–Trinajstić information content (AvgIpc) is 2.38. The first-order valence-corrected chi connectivity index (χ1v) is 6.77. The number of hydrogen-bond acceptors (Lipinski definition) is 2. The van der Waals surface area contributed by atoms with E-state index in [0.29, 0.717) is 18.0 Å². The quantitative estimate of drug-likeness (QED) is 0.848. The van der Waals surface area contributed by atoms with Gasteiger partial charge in [-0.1, -0.05) is 23.7 Å². The summed E-state index contributed by atoms with van der Waals surface area (Å²) in [6.45, 7) is 2.27. The predicted octanol–water partition coefficient (Wildman–Crippen LogP) is 2.91. The molecule has 1 unspecified atom stereocenters. The van der Waals surface area contributed by atoms with Crippen LogP contribution in [-0.2, 0) is 4.79 Å². The third-order valence-corrected chi connectivity index (χ3v) is 3.15. The summed E-state index contributed by atoms with van der Waals surface area (Å²) in [5.41, 5.74) is 0.921. The number of amides is 2. The van der Waals surface area contributed by atoms with E-state index in [1.807, 2.05) is 19.1 Å². The molecule has 2 N–H and O–H groups in total. The fourth-order valence-electron chi connectivity index (χ4n) is 1.72. The maximum atomic E-state index is 11.9. The molecule has 0 saturated carbocycles. The van der Waals surface area contributed by atoms with Crippen LogP contribution in [0.1, 0.15) is 31.4 Å². The number of halogens is 1. The summed E-state index contributed by atoms with van der Waals surface area (Å²) in [5.74, 6) is -0.855. The molecule has 0 heterocycles. The number of nitrogens with zero attached hydrogens (tertiary/aromatic N) is 1. The Morgan fingerprint density at radius 1 is 1.45 bits per heavy atom. The molecular formula is C14H19ClN2O3. The van der Waals surface area contributed by atoms with E-state index in [-0.39, 0.29) is 18.5 Å². The second-order valence-corrected chi connectivity index (χ2v) is 5.08. The molecule has 0 fully saturated rings. The maximum Gasteiger partial charge on any atom is 0.317 e. The summed E-state index contributed by atoms with van der Waals surface area (Å²) in [4.78, 5) is 23.8. The number of hydrogen-bond donors (Lipinski definition) is 2. The molecule has 0 radical (unpaired) electrons. The van der Waals surface area contributed by atoms with Gasteiger partial charge in [0.1, 0.15) is 0 Å². The van der Waals surface area contributed by atoms with E-state index in [1.54, 1.807) is 19.2 Å². The van der Waals surface area contributed by atoms with Crippen molar-refractivity contribution in [2.45, 2.75) is 25.8 Å². The van der Waals surface area contributed by atoms with Crippen LogP contribution in [0.4, 0.5) is 4.79 Å². The SMILES string of the molecule is CC(NC(=O)N(C)CCCC(=O)O)c1cccc(Cl)c1. The van der Waals surface area contributed by atoms with Gasteiger partial charge >= 0.3 is 12.0 Å². The number of carbonyl (C=O) groups excluding carboxylic acids is 1. The highest BCUT2D eigenvalue weighted by atomic mass is 35.5. The zero-order chi connectivity index (χ0) is 15.1. The number of urea groups is 1. The van der Waals surface area contributed by atoms with E-state index in [9.17, 15) is 9.59 Å². The van der Waals surface area contributed by atoms with Crippen LogP contribution in [0.2, 0.25) is 5.02 Å². The largest absolute Gasteiger partial charge is 0.481 e. The Balaban J connectivity index is 2.46. The number of carbonyl (C=O) groups is 2. The zero-order valence-electron chi connectivity index (χ0n) is 11.6. The minimum atomic E-state index is -0.855. The number of carboxylic acid groups (broad SMARTS) is 1. The monoisotopic (exact) mass is 298 g/mol. The third kappa shape index (κ3) is 5.48. The molecule has 0 aliphatic heterocycles. The molecule has 110 valence electrons. The lowest BCUT2D eigenvalue weighted by atomic mass is 10.1. The Labute approximate surface area is 123 Å². The van der Waals surface area contributed by atoms with Crippen molar-refractivity contribution >= 4 is 23.6 Å². The fraction of sp³-hybridized carbons (Fsp3) is 0.429. The predicted molar refractivity (Wildman–Crippen MR) is 77.9 cm³/mol. The molecule has 20 heavy (non-hydrogen) atoms. The highest BCUT2D eigenvalue weighted by molar-refractivity contribution is 6.30. The Morgan fingerprint density at radius 2 is 2.15 bits per heavy atom. The average molecular weight is 299 g/mol. The van der Waals surface area contributed by atoms with E-state index >= 15 is 0 Å². The summed E-state index contributed by atoms with van der Waals surface area (Å²) >= 11 is 5.91. The van der Waals surface area contributed by atoms with Crippen molar-refractivity contribution in [1.29, 1.82) is 0 Å². The van der Waals surface area contributed by atoms with Crippen molar-refractivity contribution in [1.82, 2.24) is 10.2 Å². The first-order chi connectivity index (χ1) is 9.40. The Hall–Kier alpha value is -1.75. The number of nitrogens with one attached hydrogen (secondary N) is 1. The van der Waals surface area contributed by atoms with Gasteiger partial charge in [-0.25, -0.2) is 4.79 Å². The van der Waals surface area contributed by atoms with Crippen LogP contribution in [0.25, 0.3) is 0 Å². The molecule has 0 aliphatic carbocycles. The Morgan fingerprint density at radius 3 is 2.75 bits per heavy atom. The number of benzene rings is 1. The molecule has 1 rings (SSSR count). The topological polar surface area (TPSA) is 69.6 Å². The fourth-order valence-corrected chi connectivity index (χ4v) is 1.92. The van der Waals surface area contributed by atoms with Crippen LogP contribution < -0.4 is 5.32 Å². The molecule has 1 atom stereocenters. The van der Waals surface area contributed by atoms with Crippen LogP contribution in [0, 0.1) is 0 Å². The Kier molecular flexibility index (Phi) is 6.31. The van der Waals surface area contributed by atoms with Gasteiger partial charge in [0.25, 0.3) is 0 Å². The van der Waals surface area contributed by atoms with Crippen molar-refractivity contribution in [2.24, 2.45) is 0 Å². The van der Waals surface area contributed by atoms with E-state index < -0.39 is 5.97 Å². The van der Waals surface area contributed by atoms with Gasteiger partial charge in [0.2, 0.25) is 0 Å². The van der Waals surface area contributed by atoms with E-state index in [4.69, 9.17) is 16.7 Å². The summed E-state index contributed by atoms with van der Waals surface area (Å²) < 4.78 is 0. The van der Waals surface area contributed by atoms with Gasteiger partial charge in [-0.3, -0.25) is 4.79 Å². The standard InChI is InChI=1S/C14H19ClN2O3/c1-10(11-5-3-6-12(15)9-11)16-14(20)17(2)8-4-7-13(18)19/h3,5-6,9-10H,4,7-8H2,1-2H3,(H,16,20)(H,18,19). The lowest BCUT2D eigenvalue weighted by Gasteiger charge is -2.21. The Bertz CT molecular complexity index is 479. The molecule has 0 spiro atoms. The van der Waals surface area contributed by atoms with Crippen LogP contribution in [0.5, 0.6) is 0 Å². The third-order valence-electron chi connectivity index (χ3n) is 2.92. The number of rotatable bonds is 6. The molecule has 2 amide bonds. The first-order valence-electron chi connectivity index (χ1n) is 6.39. The van der Waals surface area contributed by atoms with Gasteiger partial charge in [-0.2, -0.15) is 0 Å². The number of aliphatic carboxylic acids is 1. The van der Waals surface area contributed by atoms with Crippen molar-refractivity contribution in [3.63, 3.8) is 0 Å². The first kappa shape index (κ1) is 16.3. The van der Waals surface area contributed by atoms with E-state index in [0.717, 1.165) is 5.56 Å². The molecule has 0 saturated heterocycles. The van der Waals surface area contributed by atoms with Gasteiger partial charge in [0.05, 0.1) is 6.04 Å². The summed E-state index contributed by atoms with van der Waals surface area (Å²) in [5, 5.41) is 12.0. The van der Waals surface area contributed by atoms with Crippen LogP contribution >= 0.6 is 11.6 Å². The van der Waals surface area contributed by atoms with E-state index in [1.165, 1.54) is 4.90 Å². The highest BCUT2D eigenvalue weighted by Gasteiger charge is 2.13. The van der Waals surface area contributed by atoms with Gasteiger partial charge in [0.15, 0.2) is 0 Å². The zero-order valence-corrected chi connectivity index (χ0v) is 12.4. The van der Waals surface area contributed by atoms with Gasteiger partial charge in [-0.05, 0) is 31.0 Å². The molecule has 5 nitrogen and oxygen atoms in total. The number of carboxylic acids is 1. The minimum absolute atomic E-state index is 0.0570. The lowest BCUT2D eigenvalue weighted by Crippen LogP contribution is -2.39. The van der Waals surface area contributed by atoms with Gasteiger partial charge in [0, 0.05) is 25.0 Å². The molecule has 6 heteroatoms. The minimum Gasteiger partial charge on any atom is -0.481 e. The second-order valence-electron chi connectivity index (χ2n) is 4.65. The van der Waals surface area contributed by atoms with E-state index in [2.05, 4.69) is 5.32 Å². The molecule has 0 aliphatic rings. The van der Waals surface area contributed by atoms with Crippen LogP contribution in [0.3, 0.4) is 0 Å². The van der Waals surface area contributed by atoms with Crippen LogP contribution in [-0.4, -0.2) is 35.6 Å². The summed E-state index contributed by atoms with van der Waals surface area (Å²) in [7, 11) is 1.64. The van der Waals surface area contributed by atoms with Crippen molar-refractivity contribution in [3.05, 3.63) is 34.9 Å². The van der Waals surface area contributed by atoms with Crippen LogP contribution in [0.15, 0.2) is 24.3 Å². The smallest absolute Gasteiger partial charge is 0.317 e. The van der Waals surface area contributed by atoms with Crippen molar-refractivity contribution < 1.29 is 14.7 Å². The summed E-state index contributed by atoms with van der Waals surface area (Å²) in [6, 6.07) is 6.90. The van der Waals surface area contributed by atoms with Crippen molar-refractivity contribution in [3.8, 4) is 0 Å². The molecule has 0 bridgehead atoms. The molecule has 0 aromatic heterocycles. The highest BCUT2D eigenvalue weighted by Crippen LogP contribution is 2.17. The second kappa shape index (κ2) is 7.75. The van der Waals surface area contributed by atoms with Gasteiger partial charge in [-0.15, -0.1) is 0 Å². The molecule has 1 aromatic carbocycles. The molecular weight excluding hydrogens is 280 g/mol. The normalized spacial score (nSPS) is 11.8. The molecule has 1 aromatic rings.